The summed E-state index contributed by atoms with van der Waals surface area (Å²) in [4.78, 5) is 9.83. The Morgan fingerprint density at radius 2 is 2.16 bits per heavy atom. The fourth-order valence-electron chi connectivity index (χ4n) is 1.68. The quantitative estimate of drug-likeness (QED) is 0.583. The van der Waals surface area contributed by atoms with Crippen LogP contribution < -0.4 is 10.6 Å². The minimum atomic E-state index is 0.667. The van der Waals surface area contributed by atoms with Gasteiger partial charge in [0.2, 0.25) is 0 Å². The maximum atomic E-state index is 4.41. The first-order chi connectivity index (χ1) is 9.19. The Hall–Kier alpha value is -1.89. The summed E-state index contributed by atoms with van der Waals surface area (Å²) in [6.45, 7) is 5.45. The van der Waals surface area contributed by atoms with E-state index in [1.807, 2.05) is 19.9 Å². The second kappa shape index (κ2) is 6.33. The summed E-state index contributed by atoms with van der Waals surface area (Å²) < 4.78 is 0. The van der Waals surface area contributed by atoms with E-state index in [2.05, 4.69) is 30.8 Å². The number of aliphatic imine (C=N–C) groups is 1. The van der Waals surface area contributed by atoms with Gasteiger partial charge >= 0.3 is 0 Å². The van der Waals surface area contributed by atoms with Crippen LogP contribution in [0.1, 0.15) is 21.3 Å². The zero-order chi connectivity index (χ0) is 13.7. The van der Waals surface area contributed by atoms with Gasteiger partial charge in [-0.05, 0) is 19.9 Å². The highest BCUT2D eigenvalue weighted by Crippen LogP contribution is 2.16. The minimum Gasteiger partial charge on any atom is -0.351 e. The van der Waals surface area contributed by atoms with Crippen LogP contribution in [0.4, 0.5) is 0 Å². The zero-order valence-corrected chi connectivity index (χ0v) is 12.1. The van der Waals surface area contributed by atoms with Crippen LogP contribution in [0.2, 0.25) is 0 Å². The number of nitrogens with zero attached hydrogens (tertiary/aromatic N) is 3. The molecule has 102 valence electrons. The monoisotopic (exact) mass is 278 g/mol. The van der Waals surface area contributed by atoms with Crippen molar-refractivity contribution in [2.45, 2.75) is 26.9 Å². The SMILES string of the molecule is CN=C(NCc1ccn[nH]1)NCc1sc(C)nc1C. The van der Waals surface area contributed by atoms with E-state index in [-0.39, 0.29) is 0 Å². The maximum Gasteiger partial charge on any atom is 0.191 e. The van der Waals surface area contributed by atoms with Crippen LogP contribution in [0, 0.1) is 13.8 Å². The molecule has 0 saturated heterocycles. The Kier molecular flexibility index (Phi) is 4.51. The van der Waals surface area contributed by atoms with Crippen LogP contribution in [-0.2, 0) is 13.1 Å². The highest BCUT2D eigenvalue weighted by atomic mass is 32.1. The summed E-state index contributed by atoms with van der Waals surface area (Å²) in [5, 5.41) is 14.4. The number of nitrogens with one attached hydrogen (secondary N) is 3. The van der Waals surface area contributed by atoms with Crippen LogP contribution in [0.25, 0.3) is 0 Å². The van der Waals surface area contributed by atoms with Gasteiger partial charge in [-0.25, -0.2) is 4.98 Å². The molecule has 7 heteroatoms. The lowest BCUT2D eigenvalue weighted by atomic mass is 10.4. The van der Waals surface area contributed by atoms with Crippen LogP contribution in [0.3, 0.4) is 0 Å². The van der Waals surface area contributed by atoms with Gasteiger partial charge in [-0.3, -0.25) is 10.1 Å². The lowest BCUT2D eigenvalue weighted by Gasteiger charge is -2.10. The van der Waals surface area contributed by atoms with Crippen molar-refractivity contribution in [3.63, 3.8) is 0 Å². The van der Waals surface area contributed by atoms with Crippen LogP contribution in [0.5, 0.6) is 0 Å². The lowest BCUT2D eigenvalue weighted by Crippen LogP contribution is -2.36. The number of guanidine groups is 1. The summed E-state index contributed by atoms with van der Waals surface area (Å²) in [5.41, 5.74) is 2.10. The van der Waals surface area contributed by atoms with E-state index in [0.717, 1.165) is 28.9 Å². The minimum absolute atomic E-state index is 0.667. The number of hydrogen-bond donors (Lipinski definition) is 3. The number of aromatic nitrogens is 3. The van der Waals surface area contributed by atoms with E-state index >= 15 is 0 Å². The average molecular weight is 278 g/mol. The standard InChI is InChI=1S/C12H18N6S/c1-8-11(19-9(2)17-8)7-15-12(13-3)14-6-10-4-5-16-18-10/h4-5H,6-7H2,1-3H3,(H,16,18)(H2,13,14,15). The van der Waals surface area contributed by atoms with Crippen molar-refractivity contribution < 1.29 is 0 Å². The largest absolute Gasteiger partial charge is 0.351 e. The molecule has 2 heterocycles. The Labute approximate surface area is 116 Å². The second-order valence-corrected chi connectivity index (χ2v) is 5.39. The summed E-state index contributed by atoms with van der Waals surface area (Å²) >= 11 is 1.71. The Balaban J connectivity index is 1.84. The van der Waals surface area contributed by atoms with Gasteiger partial charge in [0.05, 0.1) is 29.5 Å². The van der Waals surface area contributed by atoms with Crippen molar-refractivity contribution in [2.24, 2.45) is 4.99 Å². The second-order valence-electron chi connectivity index (χ2n) is 4.10. The fraction of sp³-hybridized carbons (Fsp3) is 0.417. The van der Waals surface area contributed by atoms with Crippen molar-refractivity contribution >= 4 is 17.3 Å². The van der Waals surface area contributed by atoms with Gasteiger partial charge in [0, 0.05) is 18.1 Å². The molecule has 0 saturated carbocycles. The van der Waals surface area contributed by atoms with E-state index in [1.165, 1.54) is 4.88 Å². The molecule has 0 aromatic carbocycles. The molecule has 0 aliphatic rings. The molecule has 2 rings (SSSR count). The van der Waals surface area contributed by atoms with E-state index in [1.54, 1.807) is 24.6 Å². The molecule has 19 heavy (non-hydrogen) atoms. The molecule has 0 spiro atoms. The first kappa shape index (κ1) is 13.5. The van der Waals surface area contributed by atoms with Crippen molar-refractivity contribution in [3.05, 3.63) is 33.5 Å². The molecule has 2 aromatic rings. The summed E-state index contributed by atoms with van der Waals surface area (Å²) in [5.74, 6) is 0.764. The predicted octanol–water partition coefficient (Wildman–Crippen LogP) is 1.35. The lowest BCUT2D eigenvalue weighted by molar-refractivity contribution is 0.791. The van der Waals surface area contributed by atoms with Gasteiger partial charge < -0.3 is 10.6 Å². The molecule has 0 aliphatic carbocycles. The predicted molar refractivity (Wildman–Crippen MR) is 77.2 cm³/mol. The number of aromatic amines is 1. The molecular weight excluding hydrogens is 260 g/mol. The highest BCUT2D eigenvalue weighted by molar-refractivity contribution is 7.11. The van der Waals surface area contributed by atoms with Crippen LogP contribution >= 0.6 is 11.3 Å². The number of H-pyrrole nitrogens is 1. The fourth-order valence-corrected chi connectivity index (χ4v) is 2.56. The number of rotatable bonds is 4. The Morgan fingerprint density at radius 1 is 1.37 bits per heavy atom. The van der Waals surface area contributed by atoms with E-state index in [9.17, 15) is 0 Å². The first-order valence-electron chi connectivity index (χ1n) is 6.04. The summed E-state index contributed by atoms with van der Waals surface area (Å²) in [6.07, 6.45) is 1.73. The van der Waals surface area contributed by atoms with Crippen molar-refractivity contribution in [3.8, 4) is 0 Å². The Bertz CT molecular complexity index is 543. The van der Waals surface area contributed by atoms with E-state index in [4.69, 9.17) is 0 Å². The topological polar surface area (TPSA) is 78.0 Å². The third-order valence-electron chi connectivity index (χ3n) is 2.64. The van der Waals surface area contributed by atoms with Gasteiger partial charge in [0.25, 0.3) is 0 Å². The average Bonchev–Trinajstić information content (AvgIpc) is 3.00. The van der Waals surface area contributed by atoms with Gasteiger partial charge in [-0.15, -0.1) is 11.3 Å². The summed E-state index contributed by atoms with van der Waals surface area (Å²) in [7, 11) is 1.76. The molecule has 0 amide bonds. The van der Waals surface area contributed by atoms with Crippen molar-refractivity contribution in [1.29, 1.82) is 0 Å². The molecule has 0 bridgehead atoms. The van der Waals surface area contributed by atoms with Gasteiger partial charge in [0.15, 0.2) is 5.96 Å². The Morgan fingerprint density at radius 3 is 2.74 bits per heavy atom. The van der Waals surface area contributed by atoms with Gasteiger partial charge in [-0.1, -0.05) is 0 Å². The van der Waals surface area contributed by atoms with Crippen molar-refractivity contribution in [2.75, 3.05) is 7.05 Å². The molecule has 0 aliphatic heterocycles. The molecule has 2 aromatic heterocycles. The molecule has 3 N–H and O–H groups in total. The number of aryl methyl sites for hydroxylation is 2. The zero-order valence-electron chi connectivity index (χ0n) is 11.3. The molecule has 0 atom stereocenters. The van der Waals surface area contributed by atoms with Crippen LogP contribution in [-0.4, -0.2) is 28.2 Å². The van der Waals surface area contributed by atoms with E-state index < -0.39 is 0 Å². The highest BCUT2D eigenvalue weighted by Gasteiger charge is 2.05. The van der Waals surface area contributed by atoms with Crippen LogP contribution in [0.15, 0.2) is 17.3 Å². The third-order valence-corrected chi connectivity index (χ3v) is 3.72. The normalized spacial score (nSPS) is 11.6. The summed E-state index contributed by atoms with van der Waals surface area (Å²) in [6, 6.07) is 1.93. The number of hydrogen-bond acceptors (Lipinski definition) is 4. The van der Waals surface area contributed by atoms with Crippen molar-refractivity contribution in [1.82, 2.24) is 25.8 Å². The van der Waals surface area contributed by atoms with E-state index in [0.29, 0.717) is 6.54 Å². The third kappa shape index (κ3) is 3.78. The molecule has 0 fully saturated rings. The molecule has 6 nitrogen and oxygen atoms in total. The first-order valence-corrected chi connectivity index (χ1v) is 6.86. The molecule has 0 radical (unpaired) electrons. The molecule has 0 unspecified atom stereocenters. The molecular formula is C12H18N6S. The number of thiazole rings is 1. The maximum absolute atomic E-state index is 4.41. The van der Waals surface area contributed by atoms with Gasteiger partial charge in [0.1, 0.15) is 0 Å². The van der Waals surface area contributed by atoms with Gasteiger partial charge in [-0.2, -0.15) is 5.10 Å². The smallest absolute Gasteiger partial charge is 0.191 e.